The van der Waals surface area contributed by atoms with Crippen molar-refractivity contribution in [2.24, 2.45) is 0 Å². The van der Waals surface area contributed by atoms with Gasteiger partial charge in [0.15, 0.2) is 9.84 Å². The Labute approximate surface area is 101 Å². The minimum atomic E-state index is -3.42. The molecule has 0 bridgehead atoms. The lowest BCUT2D eigenvalue weighted by atomic mass is 10.1. The number of hydrogen-bond donors (Lipinski definition) is 1. The largest absolute Gasteiger partial charge is 0.478 e. The van der Waals surface area contributed by atoms with Gasteiger partial charge >= 0.3 is 5.97 Å². The predicted octanol–water partition coefficient (Wildman–Crippen LogP) is 2.13. The van der Waals surface area contributed by atoms with Crippen molar-refractivity contribution in [1.29, 1.82) is 0 Å². The zero-order chi connectivity index (χ0) is 13.2. The molecule has 17 heavy (non-hydrogen) atoms. The molecule has 0 unspecified atom stereocenters. The van der Waals surface area contributed by atoms with Gasteiger partial charge in [-0.2, -0.15) is 0 Å². The lowest BCUT2D eigenvalue weighted by Gasteiger charge is -2.10. The third-order valence-electron chi connectivity index (χ3n) is 2.64. The first kappa shape index (κ1) is 13.7. The van der Waals surface area contributed by atoms with Crippen LogP contribution in [-0.2, 0) is 16.3 Å². The van der Waals surface area contributed by atoms with Crippen LogP contribution in [0, 0.1) is 0 Å². The van der Waals surface area contributed by atoms with Crippen LogP contribution < -0.4 is 0 Å². The summed E-state index contributed by atoms with van der Waals surface area (Å²) in [6, 6.07) is 4.29. The number of hydrogen-bond acceptors (Lipinski definition) is 3. The Kier molecular flexibility index (Phi) is 3.93. The highest BCUT2D eigenvalue weighted by molar-refractivity contribution is 7.92. The maximum atomic E-state index is 11.9. The van der Waals surface area contributed by atoms with E-state index in [1.165, 1.54) is 12.1 Å². The molecule has 1 N–H and O–H groups in total. The fourth-order valence-corrected chi connectivity index (χ4v) is 2.60. The molecule has 1 aromatic carbocycles. The molecule has 4 nitrogen and oxygen atoms in total. The Morgan fingerprint density at radius 2 is 1.94 bits per heavy atom. The van der Waals surface area contributed by atoms with Gasteiger partial charge in [0.1, 0.15) is 0 Å². The number of carboxylic acids is 1. The van der Waals surface area contributed by atoms with Crippen molar-refractivity contribution in [2.75, 3.05) is 0 Å². The van der Waals surface area contributed by atoms with Crippen LogP contribution in [0.15, 0.2) is 23.1 Å². The lowest BCUT2D eigenvalue weighted by molar-refractivity contribution is 0.0695. The highest BCUT2D eigenvalue weighted by Crippen LogP contribution is 2.20. The molecular weight excluding hydrogens is 240 g/mol. The average molecular weight is 256 g/mol. The van der Waals surface area contributed by atoms with Gasteiger partial charge in [-0.1, -0.05) is 13.0 Å². The number of aromatic carboxylic acids is 1. The molecule has 1 rings (SSSR count). The van der Waals surface area contributed by atoms with Crippen molar-refractivity contribution in [3.63, 3.8) is 0 Å². The van der Waals surface area contributed by atoms with E-state index in [9.17, 15) is 13.2 Å². The number of carbonyl (C=O) groups is 1. The monoisotopic (exact) mass is 256 g/mol. The molecule has 0 saturated heterocycles. The Hall–Kier alpha value is -1.36. The van der Waals surface area contributed by atoms with E-state index in [2.05, 4.69) is 0 Å². The second kappa shape index (κ2) is 4.87. The molecular formula is C12H16O4S. The van der Waals surface area contributed by atoms with Gasteiger partial charge in [0.25, 0.3) is 0 Å². The summed E-state index contributed by atoms with van der Waals surface area (Å²) in [4.78, 5) is 11.1. The maximum Gasteiger partial charge on any atom is 0.336 e. The topological polar surface area (TPSA) is 71.4 Å². The highest BCUT2D eigenvalue weighted by atomic mass is 32.2. The van der Waals surface area contributed by atoms with Crippen LogP contribution in [0.1, 0.15) is 36.7 Å². The summed E-state index contributed by atoms with van der Waals surface area (Å²) in [5.74, 6) is -1.09. The van der Waals surface area contributed by atoms with E-state index in [0.29, 0.717) is 12.0 Å². The summed E-state index contributed by atoms with van der Waals surface area (Å²) in [6.07, 6.45) is 0.559. The van der Waals surface area contributed by atoms with Crippen LogP contribution in [0.5, 0.6) is 0 Å². The molecule has 0 fully saturated rings. The molecule has 0 spiro atoms. The van der Waals surface area contributed by atoms with Gasteiger partial charge in [-0.3, -0.25) is 0 Å². The quantitative estimate of drug-likeness (QED) is 0.895. The molecule has 0 aliphatic carbocycles. The third kappa shape index (κ3) is 2.66. The zero-order valence-electron chi connectivity index (χ0n) is 10.1. The minimum absolute atomic E-state index is 0.0641. The lowest BCUT2D eigenvalue weighted by Crippen LogP contribution is -2.15. The van der Waals surface area contributed by atoms with Crippen molar-refractivity contribution < 1.29 is 18.3 Å². The van der Waals surface area contributed by atoms with Gasteiger partial charge in [0.05, 0.1) is 15.7 Å². The van der Waals surface area contributed by atoms with E-state index in [1.54, 1.807) is 19.9 Å². The molecule has 0 amide bonds. The first-order valence-corrected chi connectivity index (χ1v) is 6.95. The molecule has 0 saturated carbocycles. The summed E-state index contributed by atoms with van der Waals surface area (Å²) in [6.45, 7) is 4.98. The minimum Gasteiger partial charge on any atom is -0.478 e. The Balaban J connectivity index is 3.41. The summed E-state index contributed by atoms with van der Waals surface area (Å²) in [7, 11) is -3.42. The standard InChI is InChI=1S/C12H16O4S/c1-4-9-5-6-10(7-11(9)12(13)14)17(15,16)8(2)3/h5-8H,4H2,1-3H3,(H,13,14). The number of carboxylic acid groups (broad SMARTS) is 1. The SMILES string of the molecule is CCc1ccc(S(=O)(=O)C(C)C)cc1C(=O)O. The zero-order valence-corrected chi connectivity index (χ0v) is 10.9. The summed E-state index contributed by atoms with van der Waals surface area (Å²) in [5.41, 5.74) is 0.703. The molecule has 1 aromatic rings. The van der Waals surface area contributed by atoms with Crippen molar-refractivity contribution in [1.82, 2.24) is 0 Å². The Bertz CT molecular complexity index is 529. The highest BCUT2D eigenvalue weighted by Gasteiger charge is 2.21. The van der Waals surface area contributed by atoms with Gasteiger partial charge in [-0.05, 0) is 38.0 Å². The van der Waals surface area contributed by atoms with E-state index >= 15 is 0 Å². The Morgan fingerprint density at radius 1 is 1.35 bits per heavy atom. The van der Waals surface area contributed by atoms with Gasteiger partial charge in [-0.25, -0.2) is 13.2 Å². The van der Waals surface area contributed by atoms with Gasteiger partial charge in [0.2, 0.25) is 0 Å². The normalized spacial score (nSPS) is 11.8. The van der Waals surface area contributed by atoms with Crippen LogP contribution in [0.25, 0.3) is 0 Å². The molecule has 0 heterocycles. The van der Waals surface area contributed by atoms with E-state index in [-0.39, 0.29) is 10.5 Å². The van der Waals surface area contributed by atoms with E-state index < -0.39 is 21.1 Å². The maximum absolute atomic E-state index is 11.9. The predicted molar refractivity (Wildman–Crippen MR) is 65.1 cm³/mol. The summed E-state index contributed by atoms with van der Waals surface area (Å²) in [5, 5.41) is 8.47. The molecule has 0 aliphatic heterocycles. The number of benzene rings is 1. The number of aryl methyl sites for hydroxylation is 1. The van der Waals surface area contributed by atoms with Crippen LogP contribution >= 0.6 is 0 Å². The molecule has 0 aromatic heterocycles. The molecule has 94 valence electrons. The third-order valence-corrected chi connectivity index (χ3v) is 4.79. The first-order chi connectivity index (χ1) is 7.80. The Morgan fingerprint density at radius 3 is 2.35 bits per heavy atom. The fraction of sp³-hybridized carbons (Fsp3) is 0.417. The number of sulfone groups is 1. The average Bonchev–Trinajstić information content (AvgIpc) is 2.27. The van der Waals surface area contributed by atoms with Gasteiger partial charge in [-0.15, -0.1) is 0 Å². The van der Waals surface area contributed by atoms with Gasteiger partial charge < -0.3 is 5.11 Å². The smallest absolute Gasteiger partial charge is 0.336 e. The van der Waals surface area contributed by atoms with Crippen LogP contribution in [0.4, 0.5) is 0 Å². The van der Waals surface area contributed by atoms with Crippen LogP contribution in [0.3, 0.4) is 0 Å². The van der Waals surface area contributed by atoms with Crippen molar-refractivity contribution >= 4 is 15.8 Å². The fourth-order valence-electron chi connectivity index (χ4n) is 1.51. The van der Waals surface area contributed by atoms with E-state index in [0.717, 1.165) is 0 Å². The molecule has 0 radical (unpaired) electrons. The second-order valence-electron chi connectivity index (χ2n) is 4.07. The van der Waals surface area contributed by atoms with E-state index in [4.69, 9.17) is 5.11 Å². The molecule has 0 aliphatic rings. The first-order valence-electron chi connectivity index (χ1n) is 5.40. The van der Waals surface area contributed by atoms with Crippen molar-refractivity contribution in [3.05, 3.63) is 29.3 Å². The van der Waals surface area contributed by atoms with Crippen LogP contribution in [0.2, 0.25) is 0 Å². The van der Waals surface area contributed by atoms with Crippen molar-refractivity contribution in [2.45, 2.75) is 37.3 Å². The van der Waals surface area contributed by atoms with Gasteiger partial charge in [0, 0.05) is 0 Å². The van der Waals surface area contributed by atoms with Crippen molar-refractivity contribution in [3.8, 4) is 0 Å². The molecule has 0 atom stereocenters. The number of rotatable bonds is 4. The summed E-state index contributed by atoms with van der Waals surface area (Å²) >= 11 is 0. The van der Waals surface area contributed by atoms with E-state index in [1.807, 2.05) is 6.92 Å². The second-order valence-corrected chi connectivity index (χ2v) is 6.58. The molecule has 5 heteroatoms. The summed E-state index contributed by atoms with van der Waals surface area (Å²) < 4.78 is 23.8. The van der Waals surface area contributed by atoms with Crippen LogP contribution in [-0.4, -0.2) is 24.7 Å².